The van der Waals surface area contributed by atoms with Crippen LogP contribution in [0, 0.1) is 6.92 Å². The van der Waals surface area contributed by atoms with Crippen molar-refractivity contribution in [3.63, 3.8) is 0 Å². The van der Waals surface area contributed by atoms with Gasteiger partial charge in [-0.15, -0.1) is 0 Å². The third-order valence-electron chi connectivity index (χ3n) is 1.46. The molecule has 11 heavy (non-hydrogen) atoms. The maximum absolute atomic E-state index is 12.7. The molecule has 0 aromatic carbocycles. The average Bonchev–Trinajstić information content (AvgIpc) is 2.26. The van der Waals surface area contributed by atoms with Crippen LogP contribution in [0.3, 0.4) is 0 Å². The van der Waals surface area contributed by atoms with E-state index in [1.165, 1.54) is 5.41 Å². The van der Waals surface area contributed by atoms with Crippen LogP contribution in [-0.2, 0) is 0 Å². The van der Waals surface area contributed by atoms with Crippen LogP contribution in [-0.4, -0.2) is 5.75 Å². The Morgan fingerprint density at radius 2 is 2.18 bits per heavy atom. The van der Waals surface area contributed by atoms with Crippen LogP contribution in [0.2, 0.25) is 0 Å². The zero-order valence-corrected chi connectivity index (χ0v) is 7.08. The molecule has 0 saturated heterocycles. The van der Waals surface area contributed by atoms with E-state index >= 15 is 0 Å². The van der Waals surface area contributed by atoms with Gasteiger partial charge in [0.05, 0.1) is 0 Å². The molecule has 0 fully saturated rings. The van der Waals surface area contributed by atoms with Gasteiger partial charge in [0.25, 0.3) is 0 Å². The average molecular weight is 177 g/mol. The maximum atomic E-state index is 12.7. The Labute approximate surface area is 68.3 Å². The minimum Gasteiger partial charge on any atom is -0.206 e. The predicted molar refractivity (Wildman–Crippen MR) is 46.8 cm³/mol. The van der Waals surface area contributed by atoms with Crippen LogP contribution in [0.15, 0.2) is 22.5 Å². The van der Waals surface area contributed by atoms with Crippen molar-refractivity contribution < 1.29 is 8.78 Å². The van der Waals surface area contributed by atoms with Gasteiger partial charge < -0.3 is 0 Å². The number of thiol groups is 1. The molecular formula is C8H11F2S. The summed E-state index contributed by atoms with van der Waals surface area (Å²) < 4.78 is 25.1. The van der Waals surface area contributed by atoms with Crippen molar-refractivity contribution in [3.8, 4) is 0 Å². The summed E-state index contributed by atoms with van der Waals surface area (Å²) in [4.78, 5) is 0. The number of hydrogen-bond acceptors (Lipinski definition) is 0. The van der Waals surface area contributed by atoms with Crippen molar-refractivity contribution in [3.05, 3.63) is 29.4 Å². The fraction of sp³-hybridized carbons (Fsp3) is 0.375. The predicted octanol–water partition coefficient (Wildman–Crippen LogP) is 3.24. The maximum Gasteiger partial charge on any atom is 0.143 e. The lowest BCUT2D eigenvalue weighted by Crippen LogP contribution is -1.83. The number of hydrogen-bond donors (Lipinski definition) is 1. The monoisotopic (exact) mass is 177 g/mol. The molecule has 0 aromatic heterocycles. The van der Waals surface area contributed by atoms with Crippen LogP contribution in [0.25, 0.3) is 0 Å². The Hall–Kier alpha value is -0.310. The molecule has 3 heteroatoms. The Bertz CT molecular complexity index is 196. The fourth-order valence-corrected chi connectivity index (χ4v) is 2.59. The van der Waals surface area contributed by atoms with Gasteiger partial charge in [-0.3, -0.25) is 0 Å². The molecule has 1 aliphatic heterocycles. The number of rotatable bonds is 3. The molecule has 63 valence electrons. The molecule has 1 heterocycles. The van der Waals surface area contributed by atoms with Crippen molar-refractivity contribution in [2.24, 2.45) is 0 Å². The molecule has 1 unspecified atom stereocenters. The fourth-order valence-electron chi connectivity index (χ4n) is 0.898. The highest BCUT2D eigenvalue weighted by molar-refractivity contribution is 8.22. The second kappa shape index (κ2) is 3.90. The van der Waals surface area contributed by atoms with Crippen molar-refractivity contribution in [1.29, 1.82) is 0 Å². The van der Waals surface area contributed by atoms with Crippen LogP contribution >= 0.6 is 10.9 Å². The highest BCUT2D eigenvalue weighted by Gasteiger charge is 2.14. The van der Waals surface area contributed by atoms with Crippen molar-refractivity contribution >= 4 is 10.9 Å². The number of halogens is 2. The van der Waals surface area contributed by atoms with Gasteiger partial charge in [-0.25, -0.2) is 8.78 Å². The summed E-state index contributed by atoms with van der Waals surface area (Å²) >= 11 is 0. The molecule has 0 aromatic rings. The highest BCUT2D eigenvalue weighted by atomic mass is 32.2. The lowest BCUT2D eigenvalue weighted by atomic mass is 10.4. The van der Waals surface area contributed by atoms with Crippen LogP contribution in [0.5, 0.6) is 0 Å². The molecule has 0 bridgehead atoms. The summed E-state index contributed by atoms with van der Waals surface area (Å²) in [6, 6.07) is 0. The summed E-state index contributed by atoms with van der Waals surface area (Å²) in [5, 5.41) is 1.10. The third-order valence-corrected chi connectivity index (χ3v) is 3.49. The topological polar surface area (TPSA) is 0 Å². The quantitative estimate of drug-likeness (QED) is 0.628. The van der Waals surface area contributed by atoms with Gasteiger partial charge >= 0.3 is 0 Å². The van der Waals surface area contributed by atoms with E-state index in [2.05, 4.69) is 6.92 Å². The first-order valence-electron chi connectivity index (χ1n) is 3.54. The van der Waals surface area contributed by atoms with Crippen molar-refractivity contribution in [1.82, 2.24) is 0 Å². The summed E-state index contributed by atoms with van der Waals surface area (Å²) in [5.41, 5.74) is 0. The minimum atomic E-state index is -0.934. The Kier molecular flexibility index (Phi) is 3.12. The molecule has 1 atom stereocenters. The molecule has 0 spiro atoms. The SMILES string of the molecule is [CH2]CCC[SH]1C=C(F)C=C1F. The van der Waals surface area contributed by atoms with Gasteiger partial charge in [-0.1, -0.05) is 13.3 Å². The first kappa shape index (κ1) is 8.78. The van der Waals surface area contributed by atoms with Crippen LogP contribution in [0.1, 0.15) is 12.8 Å². The van der Waals surface area contributed by atoms with E-state index in [0.717, 1.165) is 24.7 Å². The molecule has 1 rings (SSSR count). The van der Waals surface area contributed by atoms with Gasteiger partial charge in [0.2, 0.25) is 0 Å². The molecule has 0 aliphatic carbocycles. The van der Waals surface area contributed by atoms with Crippen LogP contribution < -0.4 is 0 Å². The summed E-state index contributed by atoms with van der Waals surface area (Å²) in [6.07, 6.45) is 2.65. The van der Waals surface area contributed by atoms with E-state index in [1.54, 1.807) is 0 Å². The van der Waals surface area contributed by atoms with Crippen molar-refractivity contribution in [2.45, 2.75) is 12.8 Å². The van der Waals surface area contributed by atoms with Crippen molar-refractivity contribution in [2.75, 3.05) is 5.75 Å². The summed E-state index contributed by atoms with van der Waals surface area (Å²) in [5.74, 6) is 0.312. The Morgan fingerprint density at radius 3 is 2.64 bits per heavy atom. The largest absolute Gasteiger partial charge is 0.206 e. The molecule has 0 saturated carbocycles. The van der Waals surface area contributed by atoms with E-state index in [-0.39, 0.29) is 5.16 Å². The smallest absolute Gasteiger partial charge is 0.143 e. The minimum absolute atomic E-state index is 0.286. The normalized spacial score (nSPS) is 26.6. The van der Waals surface area contributed by atoms with Gasteiger partial charge in [0.1, 0.15) is 11.0 Å². The van der Waals surface area contributed by atoms with E-state index in [0.29, 0.717) is 0 Å². The standard InChI is InChI=1S/C8H11F2S/c1-2-3-4-11-6-7(9)5-8(11)10/h5-6,11H,1-4H2. The van der Waals surface area contributed by atoms with Crippen LogP contribution in [0.4, 0.5) is 8.78 Å². The lowest BCUT2D eigenvalue weighted by molar-refractivity contribution is 0.653. The lowest BCUT2D eigenvalue weighted by Gasteiger charge is -2.09. The van der Waals surface area contributed by atoms with E-state index in [9.17, 15) is 8.78 Å². The number of unbranched alkanes of at least 4 members (excludes halogenated alkanes) is 1. The third kappa shape index (κ3) is 2.33. The molecule has 1 aliphatic rings. The Balaban J connectivity index is 2.42. The molecular weight excluding hydrogens is 166 g/mol. The first-order valence-corrected chi connectivity index (χ1v) is 5.14. The molecule has 0 amide bonds. The zero-order chi connectivity index (χ0) is 8.27. The van der Waals surface area contributed by atoms with Gasteiger partial charge in [-0.05, 0) is 17.6 Å². The molecule has 1 radical (unpaired) electrons. The summed E-state index contributed by atoms with van der Waals surface area (Å²) in [7, 11) is -0.934. The van der Waals surface area contributed by atoms with E-state index in [4.69, 9.17) is 0 Å². The highest BCUT2D eigenvalue weighted by Crippen LogP contribution is 2.45. The second-order valence-corrected chi connectivity index (χ2v) is 4.45. The first-order chi connectivity index (χ1) is 5.24. The second-order valence-electron chi connectivity index (χ2n) is 2.38. The molecule has 0 N–H and O–H groups in total. The van der Waals surface area contributed by atoms with Gasteiger partial charge in [0.15, 0.2) is 0 Å². The van der Waals surface area contributed by atoms with Gasteiger partial charge in [0, 0.05) is 6.08 Å². The van der Waals surface area contributed by atoms with Gasteiger partial charge in [-0.2, -0.15) is 10.9 Å². The summed E-state index contributed by atoms with van der Waals surface area (Å²) in [6.45, 7) is 3.64. The zero-order valence-electron chi connectivity index (χ0n) is 6.19. The van der Waals surface area contributed by atoms with E-state index in [1.807, 2.05) is 0 Å². The number of allylic oxidation sites excluding steroid dienone is 2. The van der Waals surface area contributed by atoms with E-state index < -0.39 is 16.7 Å². The Morgan fingerprint density at radius 1 is 1.45 bits per heavy atom. The molecule has 0 nitrogen and oxygen atoms in total.